The molecule has 158 valence electrons. The van der Waals surface area contributed by atoms with E-state index >= 15 is 0 Å². The minimum absolute atomic E-state index is 0.261. The number of aliphatic hydroxyl groups excluding tert-OH is 1. The zero-order chi connectivity index (χ0) is 20.9. The third-order valence-electron chi connectivity index (χ3n) is 6.44. The summed E-state index contributed by atoms with van der Waals surface area (Å²) in [6.45, 7) is 7.75. The van der Waals surface area contributed by atoms with Crippen LogP contribution < -0.4 is 14.8 Å². The van der Waals surface area contributed by atoms with Crippen LogP contribution in [0.4, 0.5) is 0 Å². The van der Waals surface area contributed by atoms with Gasteiger partial charge >= 0.3 is 0 Å². The lowest BCUT2D eigenvalue weighted by Gasteiger charge is -2.34. The Morgan fingerprint density at radius 1 is 1.20 bits per heavy atom. The minimum atomic E-state index is -0.802. The van der Waals surface area contributed by atoms with Gasteiger partial charge < -0.3 is 19.6 Å². The number of benzene rings is 1. The number of nitrogens with one attached hydrogen (secondary N) is 2. The molecule has 2 aromatic heterocycles. The first kappa shape index (κ1) is 19.4. The van der Waals surface area contributed by atoms with Crippen molar-refractivity contribution in [3.05, 3.63) is 52.8 Å². The van der Waals surface area contributed by atoms with Crippen molar-refractivity contribution in [2.45, 2.75) is 52.8 Å². The molecule has 2 aliphatic rings. The van der Waals surface area contributed by atoms with Crippen molar-refractivity contribution in [1.82, 2.24) is 15.3 Å². The number of pyridine rings is 1. The smallest absolute Gasteiger partial charge is 0.231 e. The van der Waals surface area contributed by atoms with Crippen LogP contribution in [-0.2, 0) is 19.4 Å². The summed E-state index contributed by atoms with van der Waals surface area (Å²) < 4.78 is 10.8. The molecule has 6 heteroatoms. The number of nitrogens with zero attached hydrogens (tertiary/aromatic N) is 1. The van der Waals surface area contributed by atoms with E-state index in [0.717, 1.165) is 46.6 Å². The van der Waals surface area contributed by atoms with Crippen molar-refractivity contribution < 1.29 is 14.6 Å². The molecule has 0 saturated carbocycles. The highest BCUT2D eigenvalue weighted by molar-refractivity contribution is 5.77. The van der Waals surface area contributed by atoms with Gasteiger partial charge in [-0.2, -0.15) is 0 Å². The van der Waals surface area contributed by atoms with E-state index in [4.69, 9.17) is 14.5 Å². The maximum atomic E-state index is 10.7. The average molecular weight is 408 g/mol. The minimum Gasteiger partial charge on any atom is -0.454 e. The van der Waals surface area contributed by atoms with Crippen LogP contribution in [0.25, 0.3) is 11.0 Å². The molecule has 3 heterocycles. The van der Waals surface area contributed by atoms with Gasteiger partial charge in [0, 0.05) is 12.2 Å². The highest BCUT2D eigenvalue weighted by atomic mass is 16.7. The van der Waals surface area contributed by atoms with Crippen LogP contribution in [0.2, 0.25) is 0 Å². The SMILES string of the molecule is CC(C)(C)C1CCc2nc3cc(C(O)NCc4ccc5c(c4)OCO5)[nH]c3cc2C1. The number of aliphatic hydroxyl groups is 1. The van der Waals surface area contributed by atoms with Crippen molar-refractivity contribution in [1.29, 1.82) is 0 Å². The Morgan fingerprint density at radius 3 is 2.87 bits per heavy atom. The Morgan fingerprint density at radius 2 is 2.03 bits per heavy atom. The standard InChI is InChI=1S/C24H29N3O3/c1-24(2,3)16-5-6-17-15(9-16)10-18-19(26-17)11-20(27-18)23(28)25-12-14-4-7-21-22(8-14)30-13-29-21/h4,7-8,10-11,16,23,25,27-28H,5-6,9,12-13H2,1-3H3. The van der Waals surface area contributed by atoms with Crippen molar-refractivity contribution in [2.75, 3.05) is 6.79 Å². The summed E-state index contributed by atoms with van der Waals surface area (Å²) in [6, 6.07) is 9.98. The Hall–Kier alpha value is -2.57. The largest absolute Gasteiger partial charge is 0.454 e. The summed E-state index contributed by atoms with van der Waals surface area (Å²) in [4.78, 5) is 8.25. The van der Waals surface area contributed by atoms with Crippen LogP contribution in [0.15, 0.2) is 30.3 Å². The van der Waals surface area contributed by atoms with Crippen molar-refractivity contribution >= 4 is 11.0 Å². The fourth-order valence-electron chi connectivity index (χ4n) is 4.49. The number of aryl methyl sites for hydroxylation is 1. The Labute approximate surface area is 176 Å². The number of fused-ring (bicyclic) bond motifs is 3. The molecule has 0 radical (unpaired) electrons. The van der Waals surface area contributed by atoms with E-state index in [9.17, 15) is 5.11 Å². The molecule has 0 spiro atoms. The van der Waals surface area contributed by atoms with Crippen molar-refractivity contribution in [3.8, 4) is 11.5 Å². The monoisotopic (exact) mass is 407 g/mol. The van der Waals surface area contributed by atoms with Gasteiger partial charge in [0.05, 0.1) is 16.7 Å². The summed E-state index contributed by atoms with van der Waals surface area (Å²) in [5, 5.41) is 13.8. The van der Waals surface area contributed by atoms with Gasteiger partial charge in [-0.1, -0.05) is 26.8 Å². The Bertz CT molecular complexity index is 1080. The molecule has 2 unspecified atom stereocenters. The van der Waals surface area contributed by atoms with Gasteiger partial charge in [-0.05, 0) is 66.0 Å². The molecule has 1 aliphatic carbocycles. The number of H-pyrrole nitrogens is 1. The van der Waals surface area contributed by atoms with Crippen LogP contribution in [0.1, 0.15) is 55.9 Å². The maximum absolute atomic E-state index is 10.7. The third-order valence-corrected chi connectivity index (χ3v) is 6.44. The second-order valence-corrected chi connectivity index (χ2v) is 9.53. The molecule has 0 amide bonds. The van der Waals surface area contributed by atoms with E-state index in [1.165, 1.54) is 17.7 Å². The van der Waals surface area contributed by atoms with Crippen LogP contribution in [0.3, 0.4) is 0 Å². The van der Waals surface area contributed by atoms with Crippen molar-refractivity contribution in [2.24, 2.45) is 11.3 Å². The van der Waals surface area contributed by atoms with Gasteiger partial charge in [0.1, 0.15) is 6.23 Å². The first-order chi connectivity index (χ1) is 14.4. The number of ether oxygens (including phenoxy) is 2. The third kappa shape index (κ3) is 3.66. The lowest BCUT2D eigenvalue weighted by atomic mass is 9.71. The summed E-state index contributed by atoms with van der Waals surface area (Å²) in [6.07, 6.45) is 2.48. The Balaban J connectivity index is 1.31. The highest BCUT2D eigenvalue weighted by Crippen LogP contribution is 2.37. The van der Waals surface area contributed by atoms with Gasteiger partial charge in [0.15, 0.2) is 11.5 Å². The molecule has 1 aromatic carbocycles. The van der Waals surface area contributed by atoms with Crippen LogP contribution in [-0.4, -0.2) is 21.9 Å². The molecular weight excluding hydrogens is 378 g/mol. The van der Waals surface area contributed by atoms with E-state index in [0.29, 0.717) is 17.9 Å². The lowest BCUT2D eigenvalue weighted by molar-refractivity contribution is 0.133. The van der Waals surface area contributed by atoms with E-state index in [1.54, 1.807) is 0 Å². The molecule has 5 rings (SSSR count). The fourth-order valence-corrected chi connectivity index (χ4v) is 4.49. The summed E-state index contributed by atoms with van der Waals surface area (Å²) in [5.41, 5.74) is 6.51. The number of aromatic nitrogens is 2. The summed E-state index contributed by atoms with van der Waals surface area (Å²) in [5.74, 6) is 2.18. The van der Waals surface area contributed by atoms with Crippen LogP contribution in [0, 0.1) is 11.3 Å². The van der Waals surface area contributed by atoms with Gasteiger partial charge in [0.25, 0.3) is 0 Å². The second kappa shape index (κ2) is 7.29. The predicted molar refractivity (Wildman–Crippen MR) is 115 cm³/mol. The molecule has 0 saturated heterocycles. The number of rotatable bonds is 4. The first-order valence-corrected chi connectivity index (χ1v) is 10.7. The fraction of sp³-hybridized carbons (Fsp3) is 0.458. The normalized spacial score (nSPS) is 19.1. The molecule has 3 aromatic rings. The molecular formula is C24H29N3O3. The average Bonchev–Trinajstić information content (AvgIpc) is 3.35. The summed E-state index contributed by atoms with van der Waals surface area (Å²) in [7, 11) is 0. The zero-order valence-electron chi connectivity index (χ0n) is 17.8. The van der Waals surface area contributed by atoms with E-state index in [-0.39, 0.29) is 6.79 Å². The molecule has 3 N–H and O–H groups in total. The maximum Gasteiger partial charge on any atom is 0.231 e. The highest BCUT2D eigenvalue weighted by Gasteiger charge is 2.29. The first-order valence-electron chi connectivity index (χ1n) is 10.7. The molecule has 6 nitrogen and oxygen atoms in total. The van der Waals surface area contributed by atoms with Crippen molar-refractivity contribution in [3.63, 3.8) is 0 Å². The topological polar surface area (TPSA) is 79.4 Å². The molecule has 2 atom stereocenters. The molecule has 0 fully saturated rings. The van der Waals surface area contributed by atoms with Gasteiger partial charge in [0.2, 0.25) is 6.79 Å². The van der Waals surface area contributed by atoms with Crippen LogP contribution >= 0.6 is 0 Å². The van der Waals surface area contributed by atoms with Gasteiger partial charge in [-0.15, -0.1) is 0 Å². The molecule has 1 aliphatic heterocycles. The quantitative estimate of drug-likeness (QED) is 0.564. The molecule has 0 bridgehead atoms. The van der Waals surface area contributed by atoms with Gasteiger partial charge in [-0.3, -0.25) is 10.3 Å². The number of aromatic amines is 1. The number of hydrogen-bond donors (Lipinski definition) is 3. The zero-order valence-corrected chi connectivity index (χ0v) is 17.8. The van der Waals surface area contributed by atoms with E-state index in [2.05, 4.69) is 37.1 Å². The van der Waals surface area contributed by atoms with Crippen LogP contribution in [0.5, 0.6) is 11.5 Å². The van der Waals surface area contributed by atoms with E-state index < -0.39 is 6.23 Å². The Kier molecular flexibility index (Phi) is 4.71. The predicted octanol–water partition coefficient (Wildman–Crippen LogP) is 4.22. The lowest BCUT2D eigenvalue weighted by Crippen LogP contribution is -2.27. The van der Waals surface area contributed by atoms with E-state index in [1.807, 2.05) is 24.3 Å². The second-order valence-electron chi connectivity index (χ2n) is 9.53. The van der Waals surface area contributed by atoms with Gasteiger partial charge in [-0.25, -0.2) is 0 Å². The summed E-state index contributed by atoms with van der Waals surface area (Å²) >= 11 is 0. The molecule has 30 heavy (non-hydrogen) atoms. The number of hydrogen-bond acceptors (Lipinski definition) is 5.